The first kappa shape index (κ1) is 15.3. The summed E-state index contributed by atoms with van der Waals surface area (Å²) in [5.41, 5.74) is 1.21. The Kier molecular flexibility index (Phi) is 6.86. The normalized spacial score (nSPS) is 11.5. The van der Waals surface area contributed by atoms with Gasteiger partial charge in [-0.1, -0.05) is 45.2 Å². The molecule has 1 aromatic carbocycles. The quantitative estimate of drug-likeness (QED) is 0.660. The summed E-state index contributed by atoms with van der Waals surface area (Å²) >= 11 is 15.4. The van der Waals surface area contributed by atoms with Crippen LogP contribution in [0.15, 0.2) is 18.2 Å². The van der Waals surface area contributed by atoms with E-state index in [-0.39, 0.29) is 0 Å². The Morgan fingerprint density at radius 2 is 1.94 bits per heavy atom. The molecule has 96 valence electrons. The molecule has 0 radical (unpaired) electrons. The number of hydrogen-bond donors (Lipinski definition) is 0. The molecule has 0 aliphatic carbocycles. The van der Waals surface area contributed by atoms with E-state index in [9.17, 15) is 0 Å². The Labute approximate surface area is 122 Å². The number of rotatable bonds is 6. The van der Waals surface area contributed by atoms with Crippen molar-refractivity contribution in [1.29, 1.82) is 0 Å². The van der Waals surface area contributed by atoms with Crippen molar-refractivity contribution in [2.24, 2.45) is 0 Å². The fourth-order valence-corrected chi connectivity index (χ4v) is 2.23. The molecule has 1 rings (SSSR count). The predicted molar refractivity (Wildman–Crippen MR) is 80.4 cm³/mol. The lowest BCUT2D eigenvalue weighted by Gasteiger charge is -2.26. The molecule has 1 aromatic rings. The zero-order chi connectivity index (χ0) is 12.8. The maximum absolute atomic E-state index is 6.02. The third kappa shape index (κ3) is 5.17. The Bertz CT molecular complexity index is 355. The van der Waals surface area contributed by atoms with E-state index in [1.54, 1.807) is 0 Å². The van der Waals surface area contributed by atoms with Crippen molar-refractivity contribution < 1.29 is 0 Å². The number of nitrogens with zero attached hydrogens (tertiary/aromatic N) is 1. The molecule has 1 nitrogen and oxygen atoms in total. The fourth-order valence-electron chi connectivity index (χ4n) is 1.66. The average molecular weight is 339 g/mol. The Hall–Kier alpha value is 0.240. The van der Waals surface area contributed by atoms with Crippen molar-refractivity contribution >= 4 is 39.1 Å². The molecular weight excluding hydrogens is 321 g/mol. The van der Waals surface area contributed by atoms with Crippen molar-refractivity contribution in [3.8, 4) is 0 Å². The van der Waals surface area contributed by atoms with Gasteiger partial charge in [-0.25, -0.2) is 0 Å². The van der Waals surface area contributed by atoms with Crippen molar-refractivity contribution in [2.45, 2.75) is 32.9 Å². The molecule has 0 aromatic heterocycles. The standard InChI is InChI=1S/C13H18BrCl2N/c1-10(2)17(7-3-6-14)9-11-4-5-12(15)13(16)8-11/h4-5,8,10H,3,6-7,9H2,1-2H3. The highest BCUT2D eigenvalue weighted by atomic mass is 79.9. The molecule has 0 unspecified atom stereocenters. The fraction of sp³-hybridized carbons (Fsp3) is 0.538. The van der Waals surface area contributed by atoms with Gasteiger partial charge in [0.25, 0.3) is 0 Å². The summed E-state index contributed by atoms with van der Waals surface area (Å²) < 4.78 is 0. The van der Waals surface area contributed by atoms with Gasteiger partial charge in [0.05, 0.1) is 10.0 Å². The maximum Gasteiger partial charge on any atom is 0.0595 e. The summed E-state index contributed by atoms with van der Waals surface area (Å²) in [5, 5.41) is 2.29. The van der Waals surface area contributed by atoms with Crippen molar-refractivity contribution in [3.05, 3.63) is 33.8 Å². The molecule has 0 amide bonds. The SMILES string of the molecule is CC(C)N(CCCBr)Cc1ccc(Cl)c(Cl)c1. The molecule has 0 atom stereocenters. The van der Waals surface area contributed by atoms with E-state index in [1.807, 2.05) is 18.2 Å². The molecule has 0 aliphatic heterocycles. The van der Waals surface area contributed by atoms with Gasteiger partial charge < -0.3 is 0 Å². The van der Waals surface area contributed by atoms with Gasteiger partial charge in [0, 0.05) is 17.9 Å². The molecule has 0 spiro atoms. The second-order valence-corrected chi connectivity index (χ2v) is 5.96. The molecule has 0 aliphatic rings. The summed E-state index contributed by atoms with van der Waals surface area (Å²) in [4.78, 5) is 2.43. The van der Waals surface area contributed by atoms with Crippen LogP contribution in [0.25, 0.3) is 0 Å². The first-order chi connectivity index (χ1) is 8.04. The van der Waals surface area contributed by atoms with Gasteiger partial charge in [0.1, 0.15) is 0 Å². The second-order valence-electron chi connectivity index (χ2n) is 4.36. The molecule has 0 heterocycles. The molecule has 0 fully saturated rings. The van der Waals surface area contributed by atoms with Crippen LogP contribution in [0.5, 0.6) is 0 Å². The molecule has 17 heavy (non-hydrogen) atoms. The minimum absolute atomic E-state index is 0.531. The van der Waals surface area contributed by atoms with E-state index in [0.29, 0.717) is 16.1 Å². The first-order valence-electron chi connectivity index (χ1n) is 5.78. The van der Waals surface area contributed by atoms with Crippen LogP contribution in [-0.2, 0) is 6.54 Å². The summed E-state index contributed by atoms with van der Waals surface area (Å²) in [7, 11) is 0. The van der Waals surface area contributed by atoms with Crippen LogP contribution >= 0.6 is 39.1 Å². The Morgan fingerprint density at radius 3 is 2.47 bits per heavy atom. The van der Waals surface area contributed by atoms with Gasteiger partial charge in [-0.05, 0) is 44.5 Å². The molecule has 0 saturated carbocycles. The highest BCUT2D eigenvalue weighted by Crippen LogP contribution is 2.23. The lowest BCUT2D eigenvalue weighted by atomic mass is 10.2. The zero-order valence-corrected chi connectivity index (χ0v) is 13.3. The number of alkyl halides is 1. The van der Waals surface area contributed by atoms with Gasteiger partial charge in [0.15, 0.2) is 0 Å². The van der Waals surface area contributed by atoms with Crippen LogP contribution in [-0.4, -0.2) is 22.8 Å². The third-order valence-electron chi connectivity index (χ3n) is 2.68. The van der Waals surface area contributed by atoms with Crippen LogP contribution in [0, 0.1) is 0 Å². The van der Waals surface area contributed by atoms with Crippen LogP contribution in [0.3, 0.4) is 0 Å². The summed E-state index contributed by atoms with van der Waals surface area (Å²) in [5.74, 6) is 0. The van der Waals surface area contributed by atoms with E-state index >= 15 is 0 Å². The minimum atomic E-state index is 0.531. The van der Waals surface area contributed by atoms with Crippen molar-refractivity contribution in [3.63, 3.8) is 0 Å². The van der Waals surface area contributed by atoms with E-state index in [0.717, 1.165) is 24.8 Å². The predicted octanol–water partition coefficient (Wildman–Crippen LogP) is 4.99. The molecular formula is C13H18BrCl2N. The van der Waals surface area contributed by atoms with Crippen molar-refractivity contribution in [1.82, 2.24) is 4.90 Å². The van der Waals surface area contributed by atoms with E-state index in [4.69, 9.17) is 23.2 Å². The molecule has 0 N–H and O–H groups in total. The molecule has 0 bridgehead atoms. The van der Waals surface area contributed by atoms with Crippen LogP contribution in [0.2, 0.25) is 10.0 Å². The van der Waals surface area contributed by atoms with E-state index in [2.05, 4.69) is 34.7 Å². The molecule has 0 saturated heterocycles. The number of benzene rings is 1. The monoisotopic (exact) mass is 337 g/mol. The average Bonchev–Trinajstić information content (AvgIpc) is 2.28. The maximum atomic E-state index is 6.02. The lowest BCUT2D eigenvalue weighted by Crippen LogP contribution is -2.31. The van der Waals surface area contributed by atoms with Gasteiger partial charge in [-0.3, -0.25) is 4.90 Å². The Balaban J connectivity index is 2.68. The van der Waals surface area contributed by atoms with Gasteiger partial charge in [-0.2, -0.15) is 0 Å². The van der Waals surface area contributed by atoms with E-state index in [1.165, 1.54) is 5.56 Å². The van der Waals surface area contributed by atoms with Gasteiger partial charge in [0.2, 0.25) is 0 Å². The lowest BCUT2D eigenvalue weighted by molar-refractivity contribution is 0.214. The summed E-state index contributed by atoms with van der Waals surface area (Å²) in [6.07, 6.45) is 1.15. The van der Waals surface area contributed by atoms with Crippen molar-refractivity contribution in [2.75, 3.05) is 11.9 Å². The number of halogens is 3. The molecule has 4 heteroatoms. The number of hydrogen-bond acceptors (Lipinski definition) is 1. The Morgan fingerprint density at radius 1 is 1.24 bits per heavy atom. The smallest absolute Gasteiger partial charge is 0.0595 e. The van der Waals surface area contributed by atoms with Crippen LogP contribution in [0.4, 0.5) is 0 Å². The third-order valence-corrected chi connectivity index (χ3v) is 3.98. The highest BCUT2D eigenvalue weighted by molar-refractivity contribution is 9.09. The topological polar surface area (TPSA) is 3.24 Å². The zero-order valence-electron chi connectivity index (χ0n) is 10.2. The second kappa shape index (κ2) is 7.63. The van der Waals surface area contributed by atoms with Crippen LogP contribution in [0.1, 0.15) is 25.8 Å². The van der Waals surface area contributed by atoms with E-state index < -0.39 is 0 Å². The first-order valence-corrected chi connectivity index (χ1v) is 7.66. The van der Waals surface area contributed by atoms with Crippen LogP contribution < -0.4 is 0 Å². The van der Waals surface area contributed by atoms with Gasteiger partial charge in [-0.15, -0.1) is 0 Å². The summed E-state index contributed by atoms with van der Waals surface area (Å²) in [6, 6.07) is 6.39. The minimum Gasteiger partial charge on any atom is -0.297 e. The highest BCUT2D eigenvalue weighted by Gasteiger charge is 2.10. The summed E-state index contributed by atoms with van der Waals surface area (Å²) in [6.45, 7) is 6.43. The largest absolute Gasteiger partial charge is 0.297 e. The van der Waals surface area contributed by atoms with Gasteiger partial charge >= 0.3 is 0 Å².